The predicted molar refractivity (Wildman–Crippen MR) is 70.3 cm³/mol. The van der Waals surface area contributed by atoms with Crippen LogP contribution in [0.25, 0.3) is 0 Å². The number of nitrogens with two attached hydrogens (primary N) is 1. The van der Waals surface area contributed by atoms with Crippen LogP contribution in [-0.4, -0.2) is 17.1 Å². The number of nitrogens with zero attached hydrogens (tertiary/aromatic N) is 1. The van der Waals surface area contributed by atoms with Crippen molar-refractivity contribution >= 4 is 11.7 Å². The van der Waals surface area contributed by atoms with Crippen LogP contribution in [0.15, 0.2) is 12.3 Å². The molecule has 1 saturated carbocycles. The van der Waals surface area contributed by atoms with E-state index in [1.807, 2.05) is 0 Å². The smallest absolute Gasteiger partial charge is 0.340 e. The standard InChI is InChI=1S/C14H20N2O2/c1-10-13(8-11(15)9-16-10)14(17)18-12-6-4-2-3-5-7-12/h8-9,12H,2-7,15H2,1H3. The minimum Gasteiger partial charge on any atom is -0.459 e. The van der Waals surface area contributed by atoms with Gasteiger partial charge in [-0.25, -0.2) is 4.79 Å². The van der Waals surface area contributed by atoms with Crippen molar-refractivity contribution in [3.05, 3.63) is 23.5 Å². The first-order valence-corrected chi connectivity index (χ1v) is 6.60. The van der Waals surface area contributed by atoms with Crippen LogP contribution in [0.3, 0.4) is 0 Å². The molecule has 1 heterocycles. The van der Waals surface area contributed by atoms with E-state index in [0.29, 0.717) is 16.9 Å². The van der Waals surface area contributed by atoms with Crippen LogP contribution in [0.5, 0.6) is 0 Å². The summed E-state index contributed by atoms with van der Waals surface area (Å²) in [6.07, 6.45) is 8.33. The van der Waals surface area contributed by atoms with Gasteiger partial charge in [0.25, 0.3) is 0 Å². The molecule has 1 aromatic heterocycles. The molecule has 0 spiro atoms. The van der Waals surface area contributed by atoms with Crippen LogP contribution in [0, 0.1) is 6.92 Å². The van der Waals surface area contributed by atoms with Crippen molar-refractivity contribution in [2.24, 2.45) is 0 Å². The summed E-state index contributed by atoms with van der Waals surface area (Å²) in [4.78, 5) is 16.2. The fourth-order valence-electron chi connectivity index (χ4n) is 2.33. The first kappa shape index (κ1) is 12.9. The van der Waals surface area contributed by atoms with Crippen LogP contribution in [0.4, 0.5) is 5.69 Å². The Balaban J connectivity index is 2.04. The topological polar surface area (TPSA) is 65.2 Å². The molecule has 2 rings (SSSR count). The van der Waals surface area contributed by atoms with E-state index in [2.05, 4.69) is 4.98 Å². The monoisotopic (exact) mass is 248 g/mol. The van der Waals surface area contributed by atoms with E-state index >= 15 is 0 Å². The van der Waals surface area contributed by atoms with E-state index in [4.69, 9.17) is 10.5 Å². The fourth-order valence-corrected chi connectivity index (χ4v) is 2.33. The molecule has 1 aliphatic rings. The summed E-state index contributed by atoms with van der Waals surface area (Å²) in [5.74, 6) is -0.292. The Labute approximate surface area is 108 Å². The zero-order valence-electron chi connectivity index (χ0n) is 10.8. The van der Waals surface area contributed by atoms with Gasteiger partial charge in [-0.3, -0.25) is 4.98 Å². The van der Waals surface area contributed by atoms with Crippen molar-refractivity contribution < 1.29 is 9.53 Å². The SMILES string of the molecule is Cc1ncc(N)cc1C(=O)OC1CCCCCC1. The number of hydrogen-bond donors (Lipinski definition) is 1. The molecule has 0 radical (unpaired) electrons. The van der Waals surface area contributed by atoms with Crippen molar-refractivity contribution in [2.45, 2.75) is 51.6 Å². The first-order valence-electron chi connectivity index (χ1n) is 6.60. The van der Waals surface area contributed by atoms with Gasteiger partial charge in [0.1, 0.15) is 6.10 Å². The summed E-state index contributed by atoms with van der Waals surface area (Å²) in [7, 11) is 0. The summed E-state index contributed by atoms with van der Waals surface area (Å²) in [6.45, 7) is 1.79. The quantitative estimate of drug-likeness (QED) is 0.645. The molecule has 18 heavy (non-hydrogen) atoms. The summed E-state index contributed by atoms with van der Waals surface area (Å²) in [5, 5.41) is 0. The summed E-state index contributed by atoms with van der Waals surface area (Å²) in [6, 6.07) is 1.64. The Hall–Kier alpha value is -1.58. The zero-order chi connectivity index (χ0) is 13.0. The third kappa shape index (κ3) is 3.22. The van der Waals surface area contributed by atoms with Crippen molar-refractivity contribution in [3.63, 3.8) is 0 Å². The molecule has 1 aromatic rings. The van der Waals surface area contributed by atoms with E-state index in [1.165, 1.54) is 12.8 Å². The lowest BCUT2D eigenvalue weighted by atomic mass is 10.1. The largest absolute Gasteiger partial charge is 0.459 e. The number of rotatable bonds is 2. The molecule has 2 N–H and O–H groups in total. The van der Waals surface area contributed by atoms with E-state index in [1.54, 1.807) is 19.2 Å². The Bertz CT molecular complexity index is 424. The van der Waals surface area contributed by atoms with E-state index in [9.17, 15) is 4.79 Å². The number of anilines is 1. The second-order valence-corrected chi connectivity index (χ2v) is 4.92. The minimum absolute atomic E-state index is 0.0563. The summed E-state index contributed by atoms with van der Waals surface area (Å²) in [5.41, 5.74) is 7.30. The van der Waals surface area contributed by atoms with E-state index in [-0.39, 0.29) is 12.1 Å². The Morgan fingerprint density at radius 2 is 2.00 bits per heavy atom. The van der Waals surface area contributed by atoms with Crippen LogP contribution >= 0.6 is 0 Å². The molecule has 4 nitrogen and oxygen atoms in total. The Morgan fingerprint density at radius 3 is 2.67 bits per heavy atom. The number of esters is 1. The molecular weight excluding hydrogens is 228 g/mol. The second-order valence-electron chi connectivity index (χ2n) is 4.92. The third-order valence-electron chi connectivity index (χ3n) is 3.40. The Kier molecular flexibility index (Phi) is 4.18. The van der Waals surface area contributed by atoms with Gasteiger partial charge in [-0.15, -0.1) is 0 Å². The predicted octanol–water partition coefficient (Wildman–Crippen LogP) is 2.85. The lowest BCUT2D eigenvalue weighted by Gasteiger charge is -2.16. The number of carbonyl (C=O) groups is 1. The van der Waals surface area contributed by atoms with Crippen molar-refractivity contribution in [2.75, 3.05) is 5.73 Å². The van der Waals surface area contributed by atoms with Crippen molar-refractivity contribution in [1.82, 2.24) is 4.98 Å². The number of aryl methyl sites for hydroxylation is 1. The van der Waals surface area contributed by atoms with E-state index in [0.717, 1.165) is 25.7 Å². The lowest BCUT2D eigenvalue weighted by molar-refractivity contribution is 0.0266. The van der Waals surface area contributed by atoms with Crippen LogP contribution in [-0.2, 0) is 4.74 Å². The normalized spacial score (nSPS) is 17.2. The van der Waals surface area contributed by atoms with Gasteiger partial charge in [0, 0.05) is 0 Å². The maximum atomic E-state index is 12.1. The highest BCUT2D eigenvalue weighted by Crippen LogP contribution is 2.21. The first-order chi connectivity index (χ1) is 8.66. The van der Waals surface area contributed by atoms with Gasteiger partial charge in [-0.1, -0.05) is 12.8 Å². The molecule has 98 valence electrons. The third-order valence-corrected chi connectivity index (χ3v) is 3.40. The van der Waals surface area contributed by atoms with E-state index < -0.39 is 0 Å². The van der Waals surface area contributed by atoms with Gasteiger partial charge in [-0.2, -0.15) is 0 Å². The molecule has 0 bridgehead atoms. The van der Waals surface area contributed by atoms with Gasteiger partial charge < -0.3 is 10.5 Å². The average molecular weight is 248 g/mol. The highest BCUT2D eigenvalue weighted by Gasteiger charge is 2.19. The zero-order valence-corrected chi connectivity index (χ0v) is 10.8. The maximum absolute atomic E-state index is 12.1. The summed E-state index contributed by atoms with van der Waals surface area (Å²) >= 11 is 0. The molecule has 1 aliphatic carbocycles. The second kappa shape index (κ2) is 5.85. The number of carbonyl (C=O) groups excluding carboxylic acids is 1. The van der Waals surface area contributed by atoms with Gasteiger partial charge in [0.15, 0.2) is 0 Å². The number of hydrogen-bond acceptors (Lipinski definition) is 4. The lowest BCUT2D eigenvalue weighted by Crippen LogP contribution is -2.18. The Morgan fingerprint density at radius 1 is 1.33 bits per heavy atom. The molecule has 0 aliphatic heterocycles. The molecule has 4 heteroatoms. The number of pyridine rings is 1. The molecule has 0 atom stereocenters. The molecule has 0 aromatic carbocycles. The molecular formula is C14H20N2O2. The molecule has 0 amide bonds. The van der Waals surface area contributed by atoms with Gasteiger partial charge in [0.2, 0.25) is 0 Å². The van der Waals surface area contributed by atoms with Crippen molar-refractivity contribution in [1.29, 1.82) is 0 Å². The molecule has 0 unspecified atom stereocenters. The highest BCUT2D eigenvalue weighted by molar-refractivity contribution is 5.91. The van der Waals surface area contributed by atoms with Crippen LogP contribution < -0.4 is 5.73 Å². The van der Waals surface area contributed by atoms with Crippen LogP contribution in [0.2, 0.25) is 0 Å². The average Bonchev–Trinajstić information content (AvgIpc) is 2.61. The van der Waals surface area contributed by atoms with Crippen molar-refractivity contribution in [3.8, 4) is 0 Å². The van der Waals surface area contributed by atoms with Gasteiger partial charge in [0.05, 0.1) is 23.1 Å². The summed E-state index contributed by atoms with van der Waals surface area (Å²) < 4.78 is 5.56. The van der Waals surface area contributed by atoms with Gasteiger partial charge in [-0.05, 0) is 38.7 Å². The van der Waals surface area contributed by atoms with Crippen LogP contribution in [0.1, 0.15) is 54.6 Å². The number of nitrogen functional groups attached to an aromatic ring is 1. The van der Waals surface area contributed by atoms with Gasteiger partial charge >= 0.3 is 5.97 Å². The molecule has 0 saturated heterocycles. The highest BCUT2D eigenvalue weighted by atomic mass is 16.5. The number of aromatic nitrogens is 1. The fraction of sp³-hybridized carbons (Fsp3) is 0.571. The minimum atomic E-state index is -0.292. The maximum Gasteiger partial charge on any atom is 0.340 e. The number of ether oxygens (including phenoxy) is 1. The molecule has 1 fully saturated rings.